The van der Waals surface area contributed by atoms with Crippen LogP contribution in [0.15, 0.2) is 16.6 Å². The number of benzene rings is 1. The van der Waals surface area contributed by atoms with Gasteiger partial charge in [0, 0.05) is 18.2 Å². The first kappa shape index (κ1) is 10.1. The van der Waals surface area contributed by atoms with Crippen LogP contribution in [0.25, 0.3) is 0 Å². The lowest BCUT2D eigenvalue weighted by Gasteiger charge is -2.16. The van der Waals surface area contributed by atoms with Crippen LogP contribution in [0.3, 0.4) is 0 Å². The molecule has 0 aliphatic carbocycles. The van der Waals surface area contributed by atoms with Gasteiger partial charge in [-0.25, -0.2) is 0 Å². The van der Waals surface area contributed by atoms with Crippen molar-refractivity contribution in [3.8, 4) is 0 Å². The number of fused-ring (bicyclic) bond motifs is 1. The highest BCUT2D eigenvalue weighted by Gasteiger charge is 2.20. The summed E-state index contributed by atoms with van der Waals surface area (Å²) in [6.07, 6.45) is 0.932. The molecule has 0 aromatic heterocycles. The van der Waals surface area contributed by atoms with Crippen molar-refractivity contribution in [3.63, 3.8) is 0 Å². The smallest absolute Gasteiger partial charge is 0.283 e. The van der Waals surface area contributed by atoms with Gasteiger partial charge in [-0.15, -0.1) is 0 Å². The van der Waals surface area contributed by atoms with E-state index in [0.29, 0.717) is 23.0 Å². The van der Waals surface area contributed by atoms with E-state index in [1.807, 2.05) is 0 Å². The Morgan fingerprint density at radius 1 is 1.40 bits per heavy atom. The molecule has 1 aromatic carbocycles. The Morgan fingerprint density at radius 2 is 2.13 bits per heavy atom. The van der Waals surface area contributed by atoms with Crippen molar-refractivity contribution in [2.24, 2.45) is 0 Å². The van der Waals surface area contributed by atoms with Gasteiger partial charge >= 0.3 is 0 Å². The van der Waals surface area contributed by atoms with Gasteiger partial charge in [0.15, 0.2) is 0 Å². The topological polar surface area (TPSA) is 72.2 Å². The van der Waals surface area contributed by atoms with Crippen LogP contribution in [-0.2, 0) is 11.2 Å². The number of rotatable bonds is 1. The number of nitro benzene ring substituents is 1. The first-order chi connectivity index (χ1) is 7.08. The molecule has 0 atom stereocenters. The number of aryl methyl sites for hydroxylation is 1. The van der Waals surface area contributed by atoms with E-state index in [4.69, 9.17) is 0 Å². The molecule has 0 saturated carbocycles. The van der Waals surface area contributed by atoms with Gasteiger partial charge in [-0.1, -0.05) is 0 Å². The van der Waals surface area contributed by atoms with Crippen LogP contribution < -0.4 is 5.32 Å². The van der Waals surface area contributed by atoms with Crippen LogP contribution in [0.2, 0.25) is 0 Å². The minimum atomic E-state index is -0.444. The number of nitrogens with zero attached hydrogens (tertiary/aromatic N) is 1. The number of amides is 1. The van der Waals surface area contributed by atoms with Gasteiger partial charge in [-0.3, -0.25) is 14.9 Å². The average molecular weight is 271 g/mol. The Balaban J connectivity index is 2.50. The molecule has 78 valence electrons. The van der Waals surface area contributed by atoms with Crippen LogP contribution in [0.4, 0.5) is 11.4 Å². The maximum atomic E-state index is 11.1. The summed E-state index contributed by atoms with van der Waals surface area (Å²) in [7, 11) is 0. The van der Waals surface area contributed by atoms with Gasteiger partial charge in [0.1, 0.15) is 0 Å². The molecule has 1 heterocycles. The Morgan fingerprint density at radius 3 is 2.80 bits per heavy atom. The van der Waals surface area contributed by atoms with Gasteiger partial charge < -0.3 is 5.32 Å². The predicted octanol–water partition coefficient (Wildman–Crippen LogP) is 2.24. The second-order valence-corrected chi connectivity index (χ2v) is 4.12. The third kappa shape index (κ3) is 1.85. The second-order valence-electron chi connectivity index (χ2n) is 3.27. The summed E-state index contributed by atoms with van der Waals surface area (Å²) in [5.41, 5.74) is 1.50. The van der Waals surface area contributed by atoms with E-state index in [-0.39, 0.29) is 11.6 Å². The van der Waals surface area contributed by atoms with E-state index >= 15 is 0 Å². The Hall–Kier alpha value is -1.43. The summed E-state index contributed by atoms with van der Waals surface area (Å²) in [5.74, 6) is -0.0525. The summed E-state index contributed by atoms with van der Waals surface area (Å²) in [6.45, 7) is 0. The van der Waals surface area contributed by atoms with Gasteiger partial charge in [0.05, 0.1) is 9.40 Å². The van der Waals surface area contributed by atoms with Crippen molar-refractivity contribution in [3.05, 3.63) is 32.3 Å². The predicted molar refractivity (Wildman–Crippen MR) is 57.7 cm³/mol. The van der Waals surface area contributed by atoms with Crippen LogP contribution >= 0.6 is 15.9 Å². The standard InChI is InChI=1S/C9H7BrN2O3/c10-6-4-7-5(1-2-9(13)11-7)3-8(6)12(14)15/h3-4H,1-2H2,(H,11,13). The van der Waals surface area contributed by atoms with Gasteiger partial charge in [0.25, 0.3) is 5.69 Å². The molecule has 5 nitrogen and oxygen atoms in total. The maximum absolute atomic E-state index is 11.1. The quantitative estimate of drug-likeness (QED) is 0.628. The molecule has 1 N–H and O–H groups in total. The molecule has 0 spiro atoms. The number of anilines is 1. The third-order valence-corrected chi connectivity index (χ3v) is 2.90. The highest BCUT2D eigenvalue weighted by molar-refractivity contribution is 9.10. The van der Waals surface area contributed by atoms with Crippen molar-refractivity contribution >= 4 is 33.2 Å². The molecule has 0 bridgehead atoms. The van der Waals surface area contributed by atoms with Crippen LogP contribution in [0.5, 0.6) is 0 Å². The summed E-state index contributed by atoms with van der Waals surface area (Å²) < 4.78 is 0.383. The summed E-state index contributed by atoms with van der Waals surface area (Å²) in [5, 5.41) is 13.3. The van der Waals surface area contributed by atoms with Crippen molar-refractivity contribution in [2.75, 3.05) is 5.32 Å². The van der Waals surface area contributed by atoms with Crippen molar-refractivity contribution in [1.29, 1.82) is 0 Å². The fourth-order valence-electron chi connectivity index (χ4n) is 1.53. The molecule has 1 aromatic rings. The van der Waals surface area contributed by atoms with Gasteiger partial charge in [-0.2, -0.15) is 0 Å². The maximum Gasteiger partial charge on any atom is 0.283 e. The molecule has 2 rings (SSSR count). The van der Waals surface area contributed by atoms with Crippen LogP contribution in [-0.4, -0.2) is 10.8 Å². The Labute approximate surface area is 93.8 Å². The lowest BCUT2D eigenvalue weighted by Crippen LogP contribution is -2.19. The lowest BCUT2D eigenvalue weighted by atomic mass is 10.0. The van der Waals surface area contributed by atoms with Crippen molar-refractivity contribution < 1.29 is 9.72 Å². The number of nitro groups is 1. The Kier molecular flexibility index (Phi) is 2.44. The molecule has 15 heavy (non-hydrogen) atoms. The molecule has 1 aliphatic heterocycles. The number of carbonyl (C=O) groups is 1. The molecule has 0 saturated heterocycles. The number of halogens is 1. The molecular weight excluding hydrogens is 264 g/mol. The van der Waals surface area contributed by atoms with Crippen molar-refractivity contribution in [2.45, 2.75) is 12.8 Å². The van der Waals surface area contributed by atoms with Crippen LogP contribution in [0, 0.1) is 10.1 Å². The van der Waals surface area contributed by atoms with E-state index in [9.17, 15) is 14.9 Å². The minimum Gasteiger partial charge on any atom is -0.326 e. The highest BCUT2D eigenvalue weighted by atomic mass is 79.9. The molecule has 0 unspecified atom stereocenters. The molecule has 0 fully saturated rings. The van der Waals surface area contributed by atoms with E-state index < -0.39 is 4.92 Å². The van der Waals surface area contributed by atoms with Gasteiger partial charge in [-0.05, 0) is 34.0 Å². The largest absolute Gasteiger partial charge is 0.326 e. The second kappa shape index (κ2) is 3.62. The van der Waals surface area contributed by atoms with E-state index in [0.717, 1.165) is 5.56 Å². The number of carbonyl (C=O) groups excluding carboxylic acids is 1. The SMILES string of the molecule is O=C1CCc2cc([N+](=O)[O-])c(Br)cc2N1. The molecule has 6 heteroatoms. The van der Waals surface area contributed by atoms with E-state index in [1.54, 1.807) is 6.07 Å². The lowest BCUT2D eigenvalue weighted by molar-refractivity contribution is -0.385. The van der Waals surface area contributed by atoms with E-state index in [2.05, 4.69) is 21.2 Å². The zero-order chi connectivity index (χ0) is 11.0. The van der Waals surface area contributed by atoms with Gasteiger partial charge in [0.2, 0.25) is 5.91 Å². The molecule has 1 aliphatic rings. The summed E-state index contributed by atoms with van der Waals surface area (Å²) in [6, 6.07) is 3.07. The highest BCUT2D eigenvalue weighted by Crippen LogP contribution is 2.33. The number of nitrogens with one attached hydrogen (secondary N) is 1. The average Bonchev–Trinajstić information content (AvgIpc) is 2.15. The summed E-state index contributed by atoms with van der Waals surface area (Å²) in [4.78, 5) is 21.3. The first-order valence-electron chi connectivity index (χ1n) is 4.34. The number of hydrogen-bond acceptors (Lipinski definition) is 3. The number of hydrogen-bond donors (Lipinski definition) is 1. The fraction of sp³-hybridized carbons (Fsp3) is 0.222. The molecule has 0 radical (unpaired) electrons. The first-order valence-corrected chi connectivity index (χ1v) is 5.14. The zero-order valence-corrected chi connectivity index (χ0v) is 9.20. The Bertz CT molecular complexity index is 459. The molecule has 1 amide bonds. The van der Waals surface area contributed by atoms with E-state index in [1.165, 1.54) is 6.07 Å². The summed E-state index contributed by atoms with van der Waals surface area (Å²) >= 11 is 3.10. The normalized spacial score (nSPS) is 14.3. The minimum absolute atomic E-state index is 0.0323. The fourth-order valence-corrected chi connectivity index (χ4v) is 2.02. The van der Waals surface area contributed by atoms with Crippen LogP contribution in [0.1, 0.15) is 12.0 Å². The third-order valence-electron chi connectivity index (χ3n) is 2.26. The van der Waals surface area contributed by atoms with Crippen molar-refractivity contribution in [1.82, 2.24) is 0 Å². The zero-order valence-electron chi connectivity index (χ0n) is 7.62. The molecular formula is C9H7BrN2O3. The monoisotopic (exact) mass is 270 g/mol.